The van der Waals surface area contributed by atoms with Crippen molar-refractivity contribution >= 4 is 44.0 Å². The number of hydrogen-bond acceptors (Lipinski definition) is 0. The van der Waals surface area contributed by atoms with Crippen LogP contribution in [0.4, 0.5) is 0 Å². The number of halogens is 2. The summed E-state index contributed by atoms with van der Waals surface area (Å²) in [6.07, 6.45) is 0. The van der Waals surface area contributed by atoms with Crippen molar-refractivity contribution in [1.29, 1.82) is 0 Å². The van der Waals surface area contributed by atoms with Crippen molar-refractivity contribution in [3.05, 3.63) is 0 Å². The third-order valence-corrected chi connectivity index (χ3v) is 23.4. The van der Waals surface area contributed by atoms with Crippen molar-refractivity contribution in [2.24, 2.45) is 0 Å². The largest absolute Gasteiger partial charge is 0.127 e. The lowest BCUT2D eigenvalue weighted by molar-refractivity contribution is 1.49. The molecule has 0 nitrogen and oxygen atoms in total. The summed E-state index contributed by atoms with van der Waals surface area (Å²) >= 11 is 7.57. The van der Waals surface area contributed by atoms with Gasteiger partial charge in [-0.05, 0) is 11.3 Å². The second-order valence-electron chi connectivity index (χ2n) is 3.18. The zero-order chi connectivity index (χ0) is 6.41. The van der Waals surface area contributed by atoms with E-state index in [1.54, 1.807) is 0 Å². The van der Waals surface area contributed by atoms with Gasteiger partial charge >= 0.3 is 0 Å². The van der Waals surface area contributed by atoms with E-state index >= 15 is 0 Å². The van der Waals surface area contributed by atoms with E-state index in [9.17, 15) is 0 Å². The van der Waals surface area contributed by atoms with Crippen LogP contribution in [0.15, 0.2) is 0 Å². The quantitative estimate of drug-likeness (QED) is 0.470. The van der Waals surface area contributed by atoms with Gasteiger partial charge < -0.3 is 0 Å². The van der Waals surface area contributed by atoms with Crippen LogP contribution in [0.2, 0.25) is 24.4 Å². The van der Waals surface area contributed by atoms with Gasteiger partial charge in [0.2, 0.25) is 0 Å². The Morgan fingerprint density at radius 1 is 1.00 bits per heavy atom. The second-order valence-corrected chi connectivity index (χ2v) is 23.1. The van der Waals surface area contributed by atoms with Gasteiger partial charge in [-0.25, -0.2) is 0 Å². The lowest BCUT2D eigenvalue weighted by atomic mass is 11.7. The van der Waals surface area contributed by atoms with Gasteiger partial charge in [-0.3, -0.25) is 0 Å². The number of rotatable bonds is 0. The van der Waals surface area contributed by atoms with E-state index in [1.165, 1.54) is 11.3 Å². The predicted octanol–water partition coefficient (Wildman–Crippen LogP) is 3.02. The average Bonchev–Trinajstić information content (AvgIpc) is 1.20. The third kappa shape index (κ3) is 1.68. The SMILES string of the molecule is C[Si]1(Br)C[Si](C)(Br)C1. The van der Waals surface area contributed by atoms with E-state index in [4.69, 9.17) is 0 Å². The first-order valence-electron chi connectivity index (χ1n) is 2.79. The Morgan fingerprint density at radius 2 is 1.25 bits per heavy atom. The van der Waals surface area contributed by atoms with E-state index in [0.29, 0.717) is 0 Å². The van der Waals surface area contributed by atoms with Crippen molar-refractivity contribution in [2.45, 2.75) is 24.4 Å². The fourth-order valence-electron chi connectivity index (χ4n) is 1.49. The van der Waals surface area contributed by atoms with Crippen LogP contribution < -0.4 is 0 Å². The summed E-state index contributed by atoms with van der Waals surface area (Å²) in [6.45, 7) is 3.29. The van der Waals surface area contributed by atoms with Gasteiger partial charge in [0.05, 0.1) is 0 Å². The topological polar surface area (TPSA) is 0 Å². The zero-order valence-electron chi connectivity index (χ0n) is 5.17. The van der Waals surface area contributed by atoms with Crippen LogP contribution in [0.3, 0.4) is 0 Å². The minimum absolute atomic E-state index is 0.759. The Bertz CT molecular complexity index is 88.6. The first kappa shape index (κ1) is 7.50. The van der Waals surface area contributed by atoms with E-state index in [1.807, 2.05) is 0 Å². The summed E-state index contributed by atoms with van der Waals surface area (Å²) in [7, 11) is 0. The highest BCUT2D eigenvalue weighted by molar-refractivity contribution is 9.29. The minimum Gasteiger partial charge on any atom is -0.127 e. The fourth-order valence-corrected chi connectivity index (χ4v) is 42.4. The molecule has 1 heterocycles. The molecule has 48 valence electrons. The maximum atomic E-state index is 3.78. The zero-order valence-corrected chi connectivity index (χ0v) is 10.3. The summed E-state index contributed by atoms with van der Waals surface area (Å²) in [5, 5.41) is 0. The second kappa shape index (κ2) is 1.94. The Kier molecular flexibility index (Phi) is 1.82. The molecule has 1 rings (SSSR count). The molecule has 0 aromatic heterocycles. The van der Waals surface area contributed by atoms with Gasteiger partial charge in [0.1, 0.15) is 13.4 Å². The molecule has 0 amide bonds. The molecule has 1 fully saturated rings. The van der Waals surface area contributed by atoms with Crippen LogP contribution in [0.25, 0.3) is 0 Å². The van der Waals surface area contributed by atoms with Crippen LogP contribution in [-0.2, 0) is 0 Å². The molecule has 0 unspecified atom stereocenters. The van der Waals surface area contributed by atoms with Crippen molar-refractivity contribution in [3.63, 3.8) is 0 Å². The molecule has 0 aromatic rings. The standard InChI is InChI=1S/C4H10Br2Si2/c1-7(5)3-8(2,6)4-7/h3-4H2,1-2H3. The van der Waals surface area contributed by atoms with E-state index < -0.39 is 13.4 Å². The monoisotopic (exact) mass is 272 g/mol. The van der Waals surface area contributed by atoms with E-state index in [0.717, 1.165) is 0 Å². The average molecular weight is 274 g/mol. The molecular formula is C4H10Br2Si2. The van der Waals surface area contributed by atoms with Crippen molar-refractivity contribution in [2.75, 3.05) is 0 Å². The lowest BCUT2D eigenvalue weighted by Crippen LogP contribution is -2.51. The molecule has 0 N–H and O–H groups in total. The molecule has 0 aliphatic carbocycles. The molecule has 4 heteroatoms. The van der Waals surface area contributed by atoms with Gasteiger partial charge in [0.15, 0.2) is 0 Å². The molecule has 1 aliphatic heterocycles. The summed E-state index contributed by atoms with van der Waals surface area (Å²) < 4.78 is 0. The maximum absolute atomic E-state index is 3.78. The Morgan fingerprint density at radius 3 is 1.25 bits per heavy atom. The van der Waals surface area contributed by atoms with E-state index in [2.05, 4.69) is 43.7 Å². The maximum Gasteiger partial charge on any atom is 0.123 e. The van der Waals surface area contributed by atoms with E-state index in [-0.39, 0.29) is 0 Å². The third-order valence-electron chi connectivity index (χ3n) is 1.47. The van der Waals surface area contributed by atoms with Gasteiger partial charge in [-0.15, -0.1) is 30.6 Å². The van der Waals surface area contributed by atoms with Crippen LogP contribution >= 0.6 is 30.6 Å². The first-order valence-corrected chi connectivity index (χ1v) is 13.1. The molecule has 0 spiro atoms. The van der Waals surface area contributed by atoms with Gasteiger partial charge in [-0.2, -0.15) is 0 Å². The Balaban J connectivity index is 2.42. The highest BCUT2D eigenvalue weighted by Crippen LogP contribution is 2.47. The molecule has 0 radical (unpaired) electrons. The molecular weight excluding hydrogens is 264 g/mol. The molecule has 1 aliphatic rings. The van der Waals surface area contributed by atoms with Crippen LogP contribution in [0.5, 0.6) is 0 Å². The fraction of sp³-hybridized carbons (Fsp3) is 1.00. The van der Waals surface area contributed by atoms with Crippen LogP contribution in [0, 0.1) is 0 Å². The molecule has 1 saturated heterocycles. The summed E-state index contributed by atoms with van der Waals surface area (Å²) in [4.78, 5) is 0. The molecule has 0 atom stereocenters. The van der Waals surface area contributed by atoms with Gasteiger partial charge in [0, 0.05) is 0 Å². The van der Waals surface area contributed by atoms with Crippen LogP contribution in [0.1, 0.15) is 0 Å². The Labute approximate surface area is 68.2 Å². The minimum atomic E-state index is -0.759. The molecule has 8 heavy (non-hydrogen) atoms. The van der Waals surface area contributed by atoms with Crippen LogP contribution in [-0.4, -0.2) is 13.4 Å². The summed E-state index contributed by atoms with van der Waals surface area (Å²) in [5.74, 6) is 0. The van der Waals surface area contributed by atoms with Gasteiger partial charge in [-0.1, -0.05) is 13.1 Å². The van der Waals surface area contributed by atoms with Crippen molar-refractivity contribution in [1.82, 2.24) is 0 Å². The summed E-state index contributed by atoms with van der Waals surface area (Å²) in [6, 6.07) is 0. The molecule has 0 saturated carbocycles. The smallest absolute Gasteiger partial charge is 0.123 e. The highest BCUT2D eigenvalue weighted by Gasteiger charge is 2.49. The number of hydrogen-bond donors (Lipinski definition) is 0. The van der Waals surface area contributed by atoms with Crippen molar-refractivity contribution in [3.8, 4) is 0 Å². The molecule has 0 aromatic carbocycles. The van der Waals surface area contributed by atoms with Gasteiger partial charge in [0.25, 0.3) is 0 Å². The highest BCUT2D eigenvalue weighted by atomic mass is 79.9. The summed E-state index contributed by atoms with van der Waals surface area (Å²) in [5.41, 5.74) is 3.03. The predicted molar refractivity (Wildman–Crippen MR) is 50.7 cm³/mol. The normalized spacial score (nSPS) is 55.5. The van der Waals surface area contributed by atoms with Crippen molar-refractivity contribution < 1.29 is 0 Å². The molecule has 0 bridgehead atoms. The first-order chi connectivity index (χ1) is 3.41. The Hall–Kier alpha value is 1.39. The lowest BCUT2D eigenvalue weighted by Gasteiger charge is -2.42.